The zero-order valence-electron chi connectivity index (χ0n) is 9.99. The minimum Gasteiger partial charge on any atom is -0.399 e. The summed E-state index contributed by atoms with van der Waals surface area (Å²) in [7, 11) is -4.31. The number of hydrogen-bond donors (Lipinski definition) is 3. The smallest absolute Gasteiger partial charge is 0.246 e. The average Bonchev–Trinajstić information content (AvgIpc) is 3.05. The van der Waals surface area contributed by atoms with Crippen LogP contribution in [0.2, 0.25) is 0 Å². The number of hydrogen-bond acceptors (Lipinski definition) is 4. The van der Waals surface area contributed by atoms with Gasteiger partial charge in [0.1, 0.15) is 11.6 Å². The van der Waals surface area contributed by atoms with E-state index in [9.17, 15) is 17.2 Å². The molecule has 0 bridgehead atoms. The molecule has 0 amide bonds. The van der Waals surface area contributed by atoms with Crippen molar-refractivity contribution in [3.8, 4) is 0 Å². The second-order valence-corrected chi connectivity index (χ2v) is 6.50. The van der Waals surface area contributed by atoms with Gasteiger partial charge in [-0.15, -0.1) is 0 Å². The van der Waals surface area contributed by atoms with Gasteiger partial charge in [0, 0.05) is 24.3 Å². The van der Waals surface area contributed by atoms with E-state index >= 15 is 0 Å². The highest BCUT2D eigenvalue weighted by Crippen LogP contribution is 2.44. The molecular formula is C11H14F2N2O3S. The topological polar surface area (TPSA) is 92.4 Å². The highest BCUT2D eigenvalue weighted by Gasteiger charge is 2.43. The normalized spacial score (nSPS) is 17.4. The number of benzene rings is 1. The number of nitrogens with one attached hydrogen (secondary N) is 1. The van der Waals surface area contributed by atoms with E-state index < -0.39 is 32.0 Å². The Kier molecular flexibility index (Phi) is 3.50. The van der Waals surface area contributed by atoms with Gasteiger partial charge in [0.15, 0.2) is 4.90 Å². The zero-order valence-corrected chi connectivity index (χ0v) is 10.8. The van der Waals surface area contributed by atoms with Crippen LogP contribution in [0.15, 0.2) is 17.0 Å². The van der Waals surface area contributed by atoms with Crippen LogP contribution in [0.1, 0.15) is 12.8 Å². The molecule has 0 unspecified atom stereocenters. The fourth-order valence-electron chi connectivity index (χ4n) is 1.72. The third kappa shape index (κ3) is 2.85. The van der Waals surface area contributed by atoms with E-state index in [0.29, 0.717) is 12.8 Å². The van der Waals surface area contributed by atoms with Crippen molar-refractivity contribution in [1.82, 2.24) is 4.72 Å². The Labute approximate surface area is 109 Å². The van der Waals surface area contributed by atoms with Crippen molar-refractivity contribution in [2.75, 3.05) is 18.9 Å². The lowest BCUT2D eigenvalue weighted by molar-refractivity contribution is 0.213. The summed E-state index contributed by atoms with van der Waals surface area (Å²) in [5.74, 6) is -2.47. The van der Waals surface area contributed by atoms with Crippen LogP contribution < -0.4 is 10.5 Å². The van der Waals surface area contributed by atoms with Crippen molar-refractivity contribution in [2.45, 2.75) is 17.7 Å². The molecule has 0 heterocycles. The summed E-state index contributed by atoms with van der Waals surface area (Å²) < 4.78 is 52.9. The molecule has 0 aliphatic heterocycles. The second kappa shape index (κ2) is 4.69. The van der Waals surface area contributed by atoms with Gasteiger partial charge < -0.3 is 10.8 Å². The first kappa shape index (κ1) is 14.2. The molecule has 0 spiro atoms. The summed E-state index contributed by atoms with van der Waals surface area (Å²) in [5, 5.41) is 9.07. The summed E-state index contributed by atoms with van der Waals surface area (Å²) >= 11 is 0. The minimum absolute atomic E-state index is 0.0465. The average molecular weight is 292 g/mol. The van der Waals surface area contributed by atoms with E-state index in [1.165, 1.54) is 0 Å². The van der Waals surface area contributed by atoms with Crippen LogP contribution in [0.25, 0.3) is 0 Å². The van der Waals surface area contributed by atoms with Crippen molar-refractivity contribution in [1.29, 1.82) is 0 Å². The molecule has 106 valence electrons. The molecule has 2 rings (SSSR count). The van der Waals surface area contributed by atoms with Gasteiger partial charge in [-0.3, -0.25) is 0 Å². The van der Waals surface area contributed by atoms with Crippen LogP contribution in [0, 0.1) is 17.0 Å². The lowest BCUT2D eigenvalue weighted by atomic mass is 10.1. The first-order chi connectivity index (χ1) is 8.80. The molecule has 8 heteroatoms. The standard InChI is InChI=1S/C11H14F2N2O3S/c12-8-3-7(14)4-9(13)10(8)19(17,18)15-5-11(6-16)1-2-11/h3-4,15-16H,1-2,5-6,14H2. The van der Waals surface area contributed by atoms with Crippen molar-refractivity contribution >= 4 is 15.7 Å². The molecule has 1 aromatic rings. The van der Waals surface area contributed by atoms with Crippen molar-refractivity contribution < 1.29 is 22.3 Å². The third-order valence-electron chi connectivity index (χ3n) is 3.22. The van der Waals surface area contributed by atoms with Crippen molar-refractivity contribution in [2.24, 2.45) is 5.41 Å². The first-order valence-corrected chi connectivity index (χ1v) is 7.13. The maximum Gasteiger partial charge on any atom is 0.246 e. The first-order valence-electron chi connectivity index (χ1n) is 5.65. The largest absolute Gasteiger partial charge is 0.399 e. The van der Waals surface area contributed by atoms with Crippen LogP contribution in [-0.4, -0.2) is 26.7 Å². The number of nitrogens with two attached hydrogens (primary N) is 1. The Morgan fingerprint density at radius 2 is 1.84 bits per heavy atom. The molecule has 4 N–H and O–H groups in total. The van der Waals surface area contributed by atoms with Gasteiger partial charge in [0.05, 0.1) is 0 Å². The number of anilines is 1. The summed E-state index contributed by atoms with van der Waals surface area (Å²) in [4.78, 5) is -1.05. The molecule has 0 atom stereocenters. The Hall–Kier alpha value is -1.25. The number of nitrogen functional groups attached to an aromatic ring is 1. The van der Waals surface area contributed by atoms with E-state index in [4.69, 9.17) is 10.8 Å². The molecule has 0 saturated heterocycles. The van der Waals surface area contributed by atoms with Crippen LogP contribution >= 0.6 is 0 Å². The molecule has 1 saturated carbocycles. The Morgan fingerprint density at radius 1 is 1.32 bits per heavy atom. The van der Waals surface area contributed by atoms with E-state index in [1.54, 1.807) is 0 Å². The summed E-state index contributed by atoms with van der Waals surface area (Å²) in [6, 6.07) is 1.49. The van der Waals surface area contributed by atoms with Gasteiger partial charge in [-0.2, -0.15) is 0 Å². The Bertz CT molecular complexity index is 577. The van der Waals surface area contributed by atoms with Gasteiger partial charge in [-0.1, -0.05) is 0 Å². The summed E-state index contributed by atoms with van der Waals surface area (Å²) in [5.41, 5.74) is 4.53. The molecule has 0 aromatic heterocycles. The van der Waals surface area contributed by atoms with E-state index in [0.717, 1.165) is 12.1 Å². The predicted molar refractivity (Wildman–Crippen MR) is 64.7 cm³/mol. The van der Waals surface area contributed by atoms with Gasteiger partial charge in [-0.25, -0.2) is 21.9 Å². The molecule has 19 heavy (non-hydrogen) atoms. The molecule has 1 fully saturated rings. The van der Waals surface area contributed by atoms with Gasteiger partial charge in [0.2, 0.25) is 10.0 Å². The number of aliphatic hydroxyl groups excluding tert-OH is 1. The highest BCUT2D eigenvalue weighted by molar-refractivity contribution is 7.89. The lowest BCUT2D eigenvalue weighted by Gasteiger charge is -2.14. The lowest BCUT2D eigenvalue weighted by Crippen LogP contribution is -2.33. The fraction of sp³-hybridized carbons (Fsp3) is 0.455. The predicted octanol–water partition coefficient (Wildman–Crippen LogP) is 0.598. The van der Waals surface area contributed by atoms with Crippen LogP contribution in [-0.2, 0) is 10.0 Å². The van der Waals surface area contributed by atoms with Crippen LogP contribution in [0.4, 0.5) is 14.5 Å². The summed E-state index contributed by atoms with van der Waals surface area (Å²) in [6.07, 6.45) is 1.36. The van der Waals surface area contributed by atoms with E-state index in [2.05, 4.69) is 4.72 Å². The maximum atomic E-state index is 13.5. The fourth-order valence-corrected chi connectivity index (χ4v) is 3.00. The van der Waals surface area contributed by atoms with Crippen molar-refractivity contribution in [3.63, 3.8) is 0 Å². The van der Waals surface area contributed by atoms with Gasteiger partial charge in [-0.05, 0) is 25.0 Å². The van der Waals surface area contributed by atoms with Gasteiger partial charge >= 0.3 is 0 Å². The number of aliphatic hydroxyl groups is 1. The van der Waals surface area contributed by atoms with Crippen LogP contribution in [0.3, 0.4) is 0 Å². The SMILES string of the molecule is Nc1cc(F)c(S(=O)(=O)NCC2(CO)CC2)c(F)c1. The molecule has 1 aliphatic rings. The molecule has 1 aliphatic carbocycles. The number of rotatable bonds is 5. The second-order valence-electron chi connectivity index (χ2n) is 4.80. The maximum absolute atomic E-state index is 13.5. The number of halogens is 2. The van der Waals surface area contributed by atoms with E-state index in [-0.39, 0.29) is 18.8 Å². The Balaban J connectivity index is 2.25. The quantitative estimate of drug-likeness (QED) is 0.693. The molecule has 0 radical (unpaired) electrons. The monoisotopic (exact) mass is 292 g/mol. The minimum atomic E-state index is -4.31. The molecule has 5 nitrogen and oxygen atoms in total. The van der Waals surface area contributed by atoms with Gasteiger partial charge in [0.25, 0.3) is 0 Å². The third-order valence-corrected chi connectivity index (χ3v) is 4.67. The zero-order chi connectivity index (χ0) is 14.3. The summed E-state index contributed by atoms with van der Waals surface area (Å²) in [6.45, 7) is -0.211. The van der Waals surface area contributed by atoms with Crippen molar-refractivity contribution in [3.05, 3.63) is 23.8 Å². The Morgan fingerprint density at radius 3 is 2.26 bits per heavy atom. The van der Waals surface area contributed by atoms with E-state index in [1.807, 2.05) is 0 Å². The highest BCUT2D eigenvalue weighted by atomic mass is 32.2. The molecule has 1 aromatic carbocycles. The molecular weight excluding hydrogens is 278 g/mol. The van der Waals surface area contributed by atoms with Crippen LogP contribution in [0.5, 0.6) is 0 Å². The number of sulfonamides is 1.